The van der Waals surface area contributed by atoms with Gasteiger partial charge in [-0.05, 0) is 37.4 Å². The van der Waals surface area contributed by atoms with E-state index in [1.165, 1.54) is 0 Å². The smallest absolute Gasteiger partial charge is 0.258 e. The lowest BCUT2D eigenvalue weighted by molar-refractivity contribution is 0.300. The van der Waals surface area contributed by atoms with Crippen LogP contribution in [0.1, 0.15) is 11.6 Å². The largest absolute Gasteiger partial charge is 0.330 e. The molecular formula is C19H18ClN5O. The molecule has 2 heterocycles. The zero-order valence-electron chi connectivity index (χ0n) is 14.5. The van der Waals surface area contributed by atoms with Crippen LogP contribution in [0.4, 0.5) is 0 Å². The first-order chi connectivity index (χ1) is 12.5. The number of hydrogen-bond donors (Lipinski definition) is 1. The maximum Gasteiger partial charge on any atom is 0.258 e. The number of aromatic amines is 1. The zero-order valence-corrected chi connectivity index (χ0v) is 15.3. The standard InChI is InChI=1S/C19H18ClN5O/c1-24(10-17-21-14-6-4-3-5-13(14)19(26)23-17)11-18-22-15-9-12(20)7-8-16(15)25(18)2/h3-9H,10-11H2,1-2H3,(H,21,23,26). The average Bonchev–Trinajstić information content (AvgIpc) is 2.90. The Morgan fingerprint density at radius 2 is 1.92 bits per heavy atom. The van der Waals surface area contributed by atoms with Gasteiger partial charge in [0.1, 0.15) is 11.6 Å². The van der Waals surface area contributed by atoms with Gasteiger partial charge in [-0.15, -0.1) is 0 Å². The number of benzene rings is 2. The highest BCUT2D eigenvalue weighted by molar-refractivity contribution is 6.31. The molecule has 26 heavy (non-hydrogen) atoms. The molecule has 7 heteroatoms. The first-order valence-electron chi connectivity index (χ1n) is 8.28. The van der Waals surface area contributed by atoms with Crippen molar-refractivity contribution in [1.29, 1.82) is 0 Å². The van der Waals surface area contributed by atoms with Crippen molar-refractivity contribution in [2.24, 2.45) is 7.05 Å². The Kier molecular flexibility index (Phi) is 4.22. The van der Waals surface area contributed by atoms with Crippen LogP contribution >= 0.6 is 11.6 Å². The predicted molar refractivity (Wildman–Crippen MR) is 103 cm³/mol. The van der Waals surface area contributed by atoms with Gasteiger partial charge in [-0.2, -0.15) is 0 Å². The Morgan fingerprint density at radius 3 is 2.77 bits per heavy atom. The maximum absolute atomic E-state index is 12.2. The summed E-state index contributed by atoms with van der Waals surface area (Å²) in [5.41, 5.74) is 2.50. The second-order valence-corrected chi connectivity index (χ2v) is 6.86. The third-order valence-corrected chi connectivity index (χ3v) is 4.66. The van der Waals surface area contributed by atoms with E-state index in [9.17, 15) is 4.79 Å². The van der Waals surface area contributed by atoms with E-state index in [2.05, 4.69) is 24.4 Å². The molecule has 6 nitrogen and oxygen atoms in total. The van der Waals surface area contributed by atoms with Crippen molar-refractivity contribution in [3.63, 3.8) is 0 Å². The first-order valence-corrected chi connectivity index (χ1v) is 8.66. The lowest BCUT2D eigenvalue weighted by Crippen LogP contribution is -2.23. The van der Waals surface area contributed by atoms with E-state index in [4.69, 9.17) is 11.6 Å². The van der Waals surface area contributed by atoms with E-state index in [1.807, 2.05) is 50.5 Å². The molecule has 0 spiro atoms. The first kappa shape index (κ1) is 16.8. The van der Waals surface area contributed by atoms with E-state index in [0.29, 0.717) is 34.8 Å². The van der Waals surface area contributed by atoms with Gasteiger partial charge in [-0.3, -0.25) is 9.69 Å². The fourth-order valence-electron chi connectivity index (χ4n) is 3.13. The summed E-state index contributed by atoms with van der Waals surface area (Å²) >= 11 is 6.05. The lowest BCUT2D eigenvalue weighted by Gasteiger charge is -2.16. The van der Waals surface area contributed by atoms with Crippen LogP contribution in [0.25, 0.3) is 21.9 Å². The molecule has 0 aliphatic heterocycles. The summed E-state index contributed by atoms with van der Waals surface area (Å²) in [6.45, 7) is 1.14. The molecule has 0 unspecified atom stereocenters. The van der Waals surface area contributed by atoms with Gasteiger partial charge in [0.05, 0.1) is 35.0 Å². The highest BCUT2D eigenvalue weighted by Gasteiger charge is 2.12. The van der Waals surface area contributed by atoms with Gasteiger partial charge >= 0.3 is 0 Å². The Bertz CT molecular complexity index is 1160. The van der Waals surface area contributed by atoms with Crippen molar-refractivity contribution in [3.8, 4) is 0 Å². The van der Waals surface area contributed by atoms with Crippen molar-refractivity contribution in [1.82, 2.24) is 24.4 Å². The Hall–Kier alpha value is -2.70. The van der Waals surface area contributed by atoms with Gasteiger partial charge in [0, 0.05) is 12.1 Å². The van der Waals surface area contributed by atoms with Gasteiger partial charge in [0.15, 0.2) is 0 Å². The quantitative estimate of drug-likeness (QED) is 0.602. The molecule has 0 fully saturated rings. The summed E-state index contributed by atoms with van der Waals surface area (Å²) in [5.74, 6) is 1.56. The molecule has 0 atom stereocenters. The number of aromatic nitrogens is 4. The van der Waals surface area contributed by atoms with Crippen LogP contribution in [0.5, 0.6) is 0 Å². The molecule has 0 amide bonds. The van der Waals surface area contributed by atoms with Gasteiger partial charge < -0.3 is 9.55 Å². The Morgan fingerprint density at radius 1 is 1.12 bits per heavy atom. The van der Waals surface area contributed by atoms with E-state index in [-0.39, 0.29) is 5.56 Å². The minimum Gasteiger partial charge on any atom is -0.330 e. The number of imidazole rings is 1. The summed E-state index contributed by atoms with van der Waals surface area (Å²) in [5, 5.41) is 1.28. The third kappa shape index (κ3) is 3.09. The van der Waals surface area contributed by atoms with Crippen LogP contribution in [0.15, 0.2) is 47.3 Å². The normalized spacial score (nSPS) is 11.7. The number of nitrogens with one attached hydrogen (secondary N) is 1. The van der Waals surface area contributed by atoms with Crippen molar-refractivity contribution < 1.29 is 0 Å². The van der Waals surface area contributed by atoms with Crippen LogP contribution in [0.2, 0.25) is 5.02 Å². The minimum atomic E-state index is -0.114. The SMILES string of the molecule is CN(Cc1nc2ccccc2c(=O)[nH]1)Cc1nc2cc(Cl)ccc2n1C. The van der Waals surface area contributed by atoms with E-state index < -0.39 is 0 Å². The molecule has 0 radical (unpaired) electrons. The molecule has 0 saturated heterocycles. The molecule has 2 aromatic heterocycles. The topological polar surface area (TPSA) is 66.8 Å². The van der Waals surface area contributed by atoms with E-state index in [1.54, 1.807) is 6.07 Å². The van der Waals surface area contributed by atoms with Crippen molar-refractivity contribution >= 4 is 33.5 Å². The molecule has 0 aliphatic carbocycles. The lowest BCUT2D eigenvalue weighted by atomic mass is 10.2. The number of fused-ring (bicyclic) bond motifs is 2. The van der Waals surface area contributed by atoms with Crippen LogP contribution in [0, 0.1) is 0 Å². The van der Waals surface area contributed by atoms with Crippen molar-refractivity contribution in [2.45, 2.75) is 13.1 Å². The maximum atomic E-state index is 12.2. The summed E-state index contributed by atoms with van der Waals surface area (Å²) in [4.78, 5) is 26.3. The van der Waals surface area contributed by atoms with Crippen LogP contribution in [-0.4, -0.2) is 31.5 Å². The minimum absolute atomic E-state index is 0.114. The number of para-hydroxylation sites is 1. The average molecular weight is 368 g/mol. The second kappa shape index (κ2) is 6.55. The predicted octanol–water partition coefficient (Wildman–Crippen LogP) is 3.10. The monoisotopic (exact) mass is 367 g/mol. The number of aryl methyl sites for hydroxylation is 1. The molecule has 0 bridgehead atoms. The number of hydrogen-bond acceptors (Lipinski definition) is 4. The van der Waals surface area contributed by atoms with Gasteiger partial charge in [-0.1, -0.05) is 23.7 Å². The Balaban J connectivity index is 1.58. The summed E-state index contributed by atoms with van der Waals surface area (Å²) < 4.78 is 2.05. The molecule has 0 aliphatic rings. The third-order valence-electron chi connectivity index (χ3n) is 4.43. The fourth-order valence-corrected chi connectivity index (χ4v) is 3.29. The summed E-state index contributed by atoms with van der Waals surface area (Å²) in [6.07, 6.45) is 0. The van der Waals surface area contributed by atoms with Crippen LogP contribution < -0.4 is 5.56 Å². The fraction of sp³-hybridized carbons (Fsp3) is 0.211. The molecular weight excluding hydrogens is 350 g/mol. The zero-order chi connectivity index (χ0) is 18.3. The highest BCUT2D eigenvalue weighted by atomic mass is 35.5. The molecule has 4 rings (SSSR count). The number of rotatable bonds is 4. The number of nitrogens with zero attached hydrogens (tertiary/aromatic N) is 4. The second-order valence-electron chi connectivity index (χ2n) is 6.42. The van der Waals surface area contributed by atoms with Crippen molar-refractivity contribution in [3.05, 3.63) is 69.5 Å². The van der Waals surface area contributed by atoms with Crippen molar-refractivity contribution in [2.75, 3.05) is 7.05 Å². The molecule has 132 valence electrons. The number of H-pyrrole nitrogens is 1. The van der Waals surface area contributed by atoms with Gasteiger partial charge in [0.2, 0.25) is 0 Å². The molecule has 1 N–H and O–H groups in total. The number of halogens is 1. The van der Waals surface area contributed by atoms with Crippen LogP contribution in [0.3, 0.4) is 0 Å². The van der Waals surface area contributed by atoms with Gasteiger partial charge in [0.25, 0.3) is 5.56 Å². The molecule has 4 aromatic rings. The highest BCUT2D eigenvalue weighted by Crippen LogP contribution is 2.20. The van der Waals surface area contributed by atoms with Crippen LogP contribution in [-0.2, 0) is 20.1 Å². The van der Waals surface area contributed by atoms with Gasteiger partial charge in [-0.25, -0.2) is 9.97 Å². The molecule has 0 saturated carbocycles. The van der Waals surface area contributed by atoms with E-state index in [0.717, 1.165) is 16.9 Å². The van der Waals surface area contributed by atoms with E-state index >= 15 is 0 Å². The summed E-state index contributed by atoms with van der Waals surface area (Å²) in [7, 11) is 3.96. The Labute approximate surface area is 155 Å². The summed E-state index contributed by atoms with van der Waals surface area (Å²) in [6, 6.07) is 13.0. The molecule has 2 aromatic carbocycles.